The number of nitrogens with one attached hydrogen (secondary N) is 1. The summed E-state index contributed by atoms with van der Waals surface area (Å²) in [5.41, 5.74) is 4.76. The summed E-state index contributed by atoms with van der Waals surface area (Å²) in [6.07, 6.45) is 1.57. The zero-order chi connectivity index (χ0) is 10.1. The maximum atomic E-state index is 12.6. The molecule has 13 heavy (non-hydrogen) atoms. The van der Waals surface area contributed by atoms with Gasteiger partial charge in [-0.05, 0) is 18.8 Å². The van der Waals surface area contributed by atoms with Gasteiger partial charge in [0.1, 0.15) is 0 Å². The van der Waals surface area contributed by atoms with Crippen LogP contribution >= 0.6 is 0 Å². The molecule has 1 aliphatic carbocycles. The van der Waals surface area contributed by atoms with Gasteiger partial charge in [-0.1, -0.05) is 6.92 Å². The van der Waals surface area contributed by atoms with Gasteiger partial charge in [-0.15, -0.1) is 0 Å². The van der Waals surface area contributed by atoms with Crippen LogP contribution in [0.4, 0.5) is 8.78 Å². The SMILES string of the molecule is CC1CC(NC(=O)C(F)(F)CN)C1. The van der Waals surface area contributed by atoms with Gasteiger partial charge in [0.15, 0.2) is 0 Å². The molecule has 0 bridgehead atoms. The minimum Gasteiger partial charge on any atom is -0.348 e. The normalized spacial score (nSPS) is 28.0. The van der Waals surface area contributed by atoms with Crippen LogP contribution in [0.1, 0.15) is 19.8 Å². The Morgan fingerprint density at radius 1 is 1.62 bits per heavy atom. The monoisotopic (exact) mass is 192 g/mol. The van der Waals surface area contributed by atoms with E-state index in [0.717, 1.165) is 12.8 Å². The van der Waals surface area contributed by atoms with E-state index in [9.17, 15) is 13.6 Å². The van der Waals surface area contributed by atoms with E-state index in [-0.39, 0.29) is 6.04 Å². The molecule has 3 nitrogen and oxygen atoms in total. The molecule has 0 aromatic rings. The molecule has 0 aromatic carbocycles. The highest BCUT2D eigenvalue weighted by atomic mass is 19.3. The number of rotatable bonds is 3. The molecule has 0 unspecified atom stereocenters. The number of alkyl halides is 2. The predicted molar refractivity (Wildman–Crippen MR) is 44.3 cm³/mol. The molecule has 5 heteroatoms. The van der Waals surface area contributed by atoms with Gasteiger partial charge < -0.3 is 11.1 Å². The van der Waals surface area contributed by atoms with Gasteiger partial charge in [-0.2, -0.15) is 8.78 Å². The van der Waals surface area contributed by atoms with E-state index in [4.69, 9.17) is 5.73 Å². The number of hydrogen-bond acceptors (Lipinski definition) is 2. The third-order valence-electron chi connectivity index (χ3n) is 2.30. The number of hydrogen-bond donors (Lipinski definition) is 2. The summed E-state index contributed by atoms with van der Waals surface area (Å²) in [5.74, 6) is -4.14. The average molecular weight is 192 g/mol. The summed E-state index contributed by atoms with van der Waals surface area (Å²) in [4.78, 5) is 10.9. The molecule has 0 saturated heterocycles. The van der Waals surface area contributed by atoms with Crippen molar-refractivity contribution in [2.24, 2.45) is 11.7 Å². The van der Waals surface area contributed by atoms with Gasteiger partial charge in [0.25, 0.3) is 5.91 Å². The van der Waals surface area contributed by atoms with E-state index in [2.05, 4.69) is 5.32 Å². The summed E-state index contributed by atoms with van der Waals surface area (Å²) < 4.78 is 25.3. The zero-order valence-corrected chi connectivity index (χ0v) is 7.52. The fraction of sp³-hybridized carbons (Fsp3) is 0.875. The number of halogens is 2. The zero-order valence-electron chi connectivity index (χ0n) is 7.52. The van der Waals surface area contributed by atoms with Crippen LogP contribution in [0.25, 0.3) is 0 Å². The molecule has 0 atom stereocenters. The molecule has 1 fully saturated rings. The Balaban J connectivity index is 2.33. The van der Waals surface area contributed by atoms with Crippen LogP contribution < -0.4 is 11.1 Å². The molecule has 0 aliphatic heterocycles. The molecular formula is C8H14F2N2O. The molecule has 76 valence electrons. The van der Waals surface area contributed by atoms with Gasteiger partial charge in [0.2, 0.25) is 0 Å². The Morgan fingerprint density at radius 2 is 2.15 bits per heavy atom. The van der Waals surface area contributed by atoms with Crippen LogP contribution in [0.15, 0.2) is 0 Å². The van der Waals surface area contributed by atoms with Crippen molar-refractivity contribution in [2.45, 2.75) is 31.7 Å². The van der Waals surface area contributed by atoms with Crippen molar-refractivity contribution in [3.63, 3.8) is 0 Å². The first-order chi connectivity index (χ1) is 5.95. The number of carbonyl (C=O) groups is 1. The summed E-state index contributed by atoms with van der Waals surface area (Å²) in [6.45, 7) is 1.09. The lowest BCUT2D eigenvalue weighted by Crippen LogP contribution is -2.52. The van der Waals surface area contributed by atoms with E-state index in [1.807, 2.05) is 6.92 Å². The van der Waals surface area contributed by atoms with Crippen molar-refractivity contribution >= 4 is 5.91 Å². The molecular weight excluding hydrogens is 178 g/mol. The minimum absolute atomic E-state index is 0.0834. The van der Waals surface area contributed by atoms with Crippen LogP contribution in [-0.4, -0.2) is 24.4 Å². The second kappa shape index (κ2) is 3.57. The highest BCUT2D eigenvalue weighted by molar-refractivity contribution is 5.83. The third-order valence-corrected chi connectivity index (χ3v) is 2.30. The summed E-state index contributed by atoms with van der Waals surface area (Å²) in [7, 11) is 0. The van der Waals surface area contributed by atoms with Crippen molar-refractivity contribution in [1.29, 1.82) is 0 Å². The summed E-state index contributed by atoms with van der Waals surface area (Å²) in [5, 5.41) is 2.27. The van der Waals surface area contributed by atoms with Gasteiger partial charge in [0, 0.05) is 6.04 Å². The summed E-state index contributed by atoms with van der Waals surface area (Å²) >= 11 is 0. The Morgan fingerprint density at radius 3 is 2.54 bits per heavy atom. The Kier molecular flexibility index (Phi) is 2.85. The smallest absolute Gasteiger partial charge is 0.336 e. The molecule has 0 radical (unpaired) electrons. The van der Waals surface area contributed by atoms with Crippen LogP contribution in [0.2, 0.25) is 0 Å². The lowest BCUT2D eigenvalue weighted by Gasteiger charge is -2.34. The average Bonchev–Trinajstić information content (AvgIpc) is 2.01. The lowest BCUT2D eigenvalue weighted by molar-refractivity contribution is -0.145. The maximum Gasteiger partial charge on any atom is 0.336 e. The van der Waals surface area contributed by atoms with Crippen molar-refractivity contribution < 1.29 is 13.6 Å². The molecule has 0 spiro atoms. The Hall–Kier alpha value is -0.710. The van der Waals surface area contributed by atoms with Gasteiger partial charge in [-0.25, -0.2) is 0 Å². The van der Waals surface area contributed by atoms with Crippen molar-refractivity contribution in [1.82, 2.24) is 5.32 Å². The molecule has 1 rings (SSSR count). The maximum absolute atomic E-state index is 12.6. The standard InChI is InChI=1S/C8H14F2N2O/c1-5-2-6(3-5)12-7(13)8(9,10)4-11/h5-6H,2-4,11H2,1H3,(H,12,13). The summed E-state index contributed by atoms with van der Waals surface area (Å²) in [6, 6.07) is -0.0834. The lowest BCUT2D eigenvalue weighted by atomic mass is 9.82. The van der Waals surface area contributed by atoms with E-state index in [1.165, 1.54) is 0 Å². The van der Waals surface area contributed by atoms with Crippen LogP contribution in [0, 0.1) is 5.92 Å². The Bertz CT molecular complexity index is 202. The molecule has 1 amide bonds. The first-order valence-corrected chi connectivity index (χ1v) is 4.34. The van der Waals surface area contributed by atoms with Gasteiger partial charge in [0.05, 0.1) is 6.54 Å². The molecule has 0 aromatic heterocycles. The molecule has 1 saturated carbocycles. The van der Waals surface area contributed by atoms with E-state index >= 15 is 0 Å². The van der Waals surface area contributed by atoms with Crippen LogP contribution in [0.5, 0.6) is 0 Å². The van der Waals surface area contributed by atoms with Crippen molar-refractivity contribution in [2.75, 3.05) is 6.54 Å². The van der Waals surface area contributed by atoms with Crippen molar-refractivity contribution in [3.05, 3.63) is 0 Å². The second-order valence-electron chi connectivity index (χ2n) is 3.66. The number of carbonyl (C=O) groups excluding carboxylic acids is 1. The first-order valence-electron chi connectivity index (χ1n) is 4.34. The fourth-order valence-electron chi connectivity index (χ4n) is 1.40. The largest absolute Gasteiger partial charge is 0.348 e. The number of nitrogens with two attached hydrogens (primary N) is 1. The van der Waals surface area contributed by atoms with Gasteiger partial charge in [-0.3, -0.25) is 4.79 Å². The predicted octanol–water partition coefficient (Wildman–Crippen LogP) is 0.495. The third kappa shape index (κ3) is 2.37. The van der Waals surface area contributed by atoms with E-state index in [1.54, 1.807) is 0 Å². The quantitative estimate of drug-likeness (QED) is 0.684. The molecule has 1 aliphatic rings. The van der Waals surface area contributed by atoms with Crippen LogP contribution in [0.3, 0.4) is 0 Å². The minimum atomic E-state index is -3.42. The van der Waals surface area contributed by atoms with E-state index < -0.39 is 18.4 Å². The number of amides is 1. The van der Waals surface area contributed by atoms with Crippen molar-refractivity contribution in [3.8, 4) is 0 Å². The second-order valence-corrected chi connectivity index (χ2v) is 3.66. The van der Waals surface area contributed by atoms with Crippen LogP contribution in [-0.2, 0) is 4.79 Å². The highest BCUT2D eigenvalue weighted by Crippen LogP contribution is 2.27. The highest BCUT2D eigenvalue weighted by Gasteiger charge is 2.39. The van der Waals surface area contributed by atoms with Gasteiger partial charge >= 0.3 is 5.92 Å². The first kappa shape index (κ1) is 10.4. The Labute approximate surface area is 75.7 Å². The molecule has 0 heterocycles. The van der Waals surface area contributed by atoms with E-state index in [0.29, 0.717) is 5.92 Å². The topological polar surface area (TPSA) is 55.1 Å². The fourth-order valence-corrected chi connectivity index (χ4v) is 1.40. The molecule has 3 N–H and O–H groups in total.